The lowest BCUT2D eigenvalue weighted by molar-refractivity contribution is -0.127. The van der Waals surface area contributed by atoms with Crippen LogP contribution in [0.1, 0.15) is 36.8 Å². The molecule has 266 valence electrons. The monoisotopic (exact) mass is 710 g/mol. The van der Waals surface area contributed by atoms with Crippen LogP contribution in [0.4, 0.5) is 11.6 Å². The Kier molecular flexibility index (Phi) is 12.3. The highest BCUT2D eigenvalue weighted by Gasteiger charge is 2.36. The van der Waals surface area contributed by atoms with E-state index in [4.69, 9.17) is 16.2 Å². The van der Waals surface area contributed by atoms with Crippen molar-refractivity contribution in [1.82, 2.24) is 30.6 Å². The van der Waals surface area contributed by atoms with E-state index in [0.29, 0.717) is 55.3 Å². The van der Waals surface area contributed by atoms with Crippen molar-refractivity contribution in [2.45, 2.75) is 44.8 Å². The number of benzene rings is 3. The van der Waals surface area contributed by atoms with Gasteiger partial charge in [-0.3, -0.25) is 14.5 Å². The van der Waals surface area contributed by atoms with Gasteiger partial charge in [-0.25, -0.2) is 4.98 Å². The Balaban J connectivity index is 0.00000504. The molecule has 1 saturated carbocycles. The second kappa shape index (κ2) is 17.0. The molecule has 13 nitrogen and oxygen atoms in total. The van der Waals surface area contributed by atoms with Crippen LogP contribution in [-0.2, 0) is 22.6 Å². The molecule has 0 radical (unpaired) electrons. The van der Waals surface area contributed by atoms with Crippen LogP contribution in [0, 0.1) is 11.8 Å². The maximum Gasteiger partial charge on any atom is 0.240 e. The van der Waals surface area contributed by atoms with Crippen molar-refractivity contribution < 1.29 is 14.3 Å². The molecule has 51 heavy (non-hydrogen) atoms. The smallest absolute Gasteiger partial charge is 0.240 e. The molecule has 2 amide bonds. The SMILES string of the molecule is CN(C)c1ncc(-c2ccc(C[C@@H](C(N)=O)N(c3ccc(-c4nn[nH]n4)cc3)C(=O)[C@H]3CC[C@H](CN)CC3)cc2)c(OCc2ccccc2)n1.Cl. The number of halogens is 1. The number of nitrogens with zero attached hydrogens (tertiary/aromatic N) is 7. The molecule has 1 fully saturated rings. The number of ether oxygens (including phenoxy) is 1. The van der Waals surface area contributed by atoms with Crippen LogP contribution in [0.25, 0.3) is 22.5 Å². The minimum atomic E-state index is -0.927. The zero-order chi connectivity index (χ0) is 35.0. The average molecular weight is 711 g/mol. The van der Waals surface area contributed by atoms with Gasteiger partial charge < -0.3 is 21.1 Å². The molecule has 2 heterocycles. The van der Waals surface area contributed by atoms with Gasteiger partial charge in [0.05, 0.1) is 5.56 Å². The summed E-state index contributed by atoms with van der Waals surface area (Å²) in [5, 5.41) is 14.2. The van der Waals surface area contributed by atoms with Gasteiger partial charge in [0, 0.05) is 43.9 Å². The molecule has 0 bridgehead atoms. The number of aromatic nitrogens is 6. The lowest BCUT2D eigenvalue weighted by Gasteiger charge is -2.35. The predicted octanol–water partition coefficient (Wildman–Crippen LogP) is 4.59. The molecular formula is C37H43ClN10O3. The fourth-order valence-corrected chi connectivity index (χ4v) is 6.33. The van der Waals surface area contributed by atoms with Gasteiger partial charge in [-0.05, 0) is 84.3 Å². The normalized spacial score (nSPS) is 16.1. The summed E-state index contributed by atoms with van der Waals surface area (Å²) in [5.41, 5.74) is 16.7. The maximum atomic E-state index is 14.3. The first-order valence-corrected chi connectivity index (χ1v) is 16.8. The van der Waals surface area contributed by atoms with Crippen molar-refractivity contribution in [3.8, 4) is 28.4 Å². The third-order valence-corrected chi connectivity index (χ3v) is 9.21. The molecule has 5 N–H and O–H groups in total. The summed E-state index contributed by atoms with van der Waals surface area (Å²) in [6, 6.07) is 23.9. The molecule has 3 aromatic carbocycles. The Bertz CT molecular complexity index is 1870. The number of carbonyl (C=O) groups excluding carboxylic acids is 2. The minimum absolute atomic E-state index is 0. The number of rotatable bonds is 13. The third-order valence-electron chi connectivity index (χ3n) is 9.21. The van der Waals surface area contributed by atoms with E-state index in [2.05, 4.69) is 30.6 Å². The summed E-state index contributed by atoms with van der Waals surface area (Å²) < 4.78 is 6.20. The number of primary amides is 1. The van der Waals surface area contributed by atoms with Gasteiger partial charge in [-0.2, -0.15) is 10.2 Å². The van der Waals surface area contributed by atoms with Gasteiger partial charge in [-0.1, -0.05) is 54.6 Å². The Labute approximate surface area is 303 Å². The van der Waals surface area contributed by atoms with E-state index >= 15 is 0 Å². The molecule has 5 aromatic rings. The lowest BCUT2D eigenvalue weighted by atomic mass is 9.81. The lowest BCUT2D eigenvalue weighted by Crippen LogP contribution is -2.52. The number of nitrogens with one attached hydrogen (secondary N) is 1. The van der Waals surface area contributed by atoms with Crippen LogP contribution in [-0.4, -0.2) is 69.1 Å². The van der Waals surface area contributed by atoms with E-state index in [-0.39, 0.29) is 30.7 Å². The Morgan fingerprint density at radius 2 is 1.61 bits per heavy atom. The summed E-state index contributed by atoms with van der Waals surface area (Å²) in [7, 11) is 3.75. The first kappa shape index (κ1) is 36.9. The van der Waals surface area contributed by atoms with Gasteiger partial charge in [0.25, 0.3) is 0 Å². The molecule has 2 aromatic heterocycles. The van der Waals surface area contributed by atoms with E-state index < -0.39 is 11.9 Å². The quantitative estimate of drug-likeness (QED) is 0.156. The van der Waals surface area contributed by atoms with Crippen molar-refractivity contribution >= 4 is 35.9 Å². The number of anilines is 2. The van der Waals surface area contributed by atoms with Gasteiger partial charge in [0.15, 0.2) is 0 Å². The Morgan fingerprint density at radius 3 is 2.22 bits per heavy atom. The summed E-state index contributed by atoms with van der Waals surface area (Å²) in [4.78, 5) is 40.1. The standard InChI is InChI=1S/C37H42N10O3.ClH/c1-46(2)37-40-22-31(35(41-37)50-23-26-6-4-3-5-7-26)27-12-8-24(9-13-27)20-32(33(39)48)47(36(49)29-14-10-25(21-38)11-15-29)30-18-16-28(17-19-30)34-42-44-45-43-34;/h3-9,12-13,16-19,22,25,29,32H,10-11,14-15,20-21,23,38H2,1-2H3,(H2,39,48)(H,42,43,44,45);1H/t25-,29-,32-;/m0./s1. The summed E-state index contributed by atoms with van der Waals surface area (Å²) >= 11 is 0. The highest BCUT2D eigenvalue weighted by atomic mass is 35.5. The van der Waals surface area contributed by atoms with Crippen LogP contribution in [0.5, 0.6) is 5.88 Å². The Morgan fingerprint density at radius 1 is 0.922 bits per heavy atom. The number of amides is 2. The third kappa shape index (κ3) is 8.86. The van der Waals surface area contributed by atoms with Crippen molar-refractivity contribution in [2.24, 2.45) is 23.3 Å². The maximum absolute atomic E-state index is 14.3. The van der Waals surface area contributed by atoms with E-state index in [1.54, 1.807) is 35.4 Å². The van der Waals surface area contributed by atoms with Crippen molar-refractivity contribution in [2.75, 3.05) is 30.4 Å². The van der Waals surface area contributed by atoms with E-state index in [0.717, 1.165) is 40.7 Å². The van der Waals surface area contributed by atoms with E-state index in [1.807, 2.05) is 73.6 Å². The van der Waals surface area contributed by atoms with Crippen LogP contribution >= 0.6 is 12.4 Å². The summed E-state index contributed by atoms with van der Waals surface area (Å²) in [6.07, 6.45) is 5.14. The summed E-state index contributed by atoms with van der Waals surface area (Å²) in [6.45, 7) is 0.957. The fraction of sp³-hybridized carbons (Fsp3) is 0.324. The molecule has 1 aliphatic rings. The number of hydrogen-bond donors (Lipinski definition) is 3. The zero-order valence-corrected chi connectivity index (χ0v) is 29.5. The van der Waals surface area contributed by atoms with Gasteiger partial charge in [0.2, 0.25) is 29.5 Å². The van der Waals surface area contributed by atoms with Crippen molar-refractivity contribution in [3.05, 3.63) is 96.2 Å². The summed E-state index contributed by atoms with van der Waals surface area (Å²) in [5.74, 6) is 0.872. The molecule has 0 spiro atoms. The minimum Gasteiger partial charge on any atom is -0.472 e. The highest BCUT2D eigenvalue weighted by Crippen LogP contribution is 2.34. The van der Waals surface area contributed by atoms with Crippen LogP contribution in [0.15, 0.2) is 85.1 Å². The number of carbonyl (C=O) groups is 2. The first-order chi connectivity index (χ1) is 24.3. The molecule has 1 atom stereocenters. The number of nitrogens with two attached hydrogens (primary N) is 2. The van der Waals surface area contributed by atoms with Gasteiger partial charge >= 0.3 is 0 Å². The second-order valence-corrected chi connectivity index (χ2v) is 12.8. The van der Waals surface area contributed by atoms with Crippen LogP contribution in [0.2, 0.25) is 0 Å². The number of hydrogen-bond acceptors (Lipinski definition) is 10. The van der Waals surface area contributed by atoms with Gasteiger partial charge in [0.1, 0.15) is 12.6 Å². The molecule has 6 rings (SSSR count). The largest absolute Gasteiger partial charge is 0.472 e. The topological polar surface area (TPSA) is 182 Å². The number of H-pyrrole nitrogens is 1. The first-order valence-electron chi connectivity index (χ1n) is 16.8. The molecule has 14 heteroatoms. The van der Waals surface area contributed by atoms with E-state index in [9.17, 15) is 9.59 Å². The molecule has 1 aliphatic carbocycles. The fourth-order valence-electron chi connectivity index (χ4n) is 6.33. The Hall–Kier alpha value is -5.40. The highest BCUT2D eigenvalue weighted by molar-refractivity contribution is 6.01. The number of aromatic amines is 1. The number of tetrazole rings is 1. The second-order valence-electron chi connectivity index (χ2n) is 12.8. The average Bonchev–Trinajstić information content (AvgIpc) is 3.70. The van der Waals surface area contributed by atoms with Crippen LogP contribution in [0.3, 0.4) is 0 Å². The molecular weight excluding hydrogens is 668 g/mol. The predicted molar refractivity (Wildman–Crippen MR) is 198 cm³/mol. The molecule has 0 aliphatic heterocycles. The molecule has 0 unspecified atom stereocenters. The van der Waals surface area contributed by atoms with Gasteiger partial charge in [-0.15, -0.1) is 22.6 Å². The zero-order valence-electron chi connectivity index (χ0n) is 28.7. The van der Waals surface area contributed by atoms with Crippen molar-refractivity contribution in [3.63, 3.8) is 0 Å². The van der Waals surface area contributed by atoms with Crippen LogP contribution < -0.4 is 26.0 Å². The molecule has 0 saturated heterocycles. The van der Waals surface area contributed by atoms with Crippen molar-refractivity contribution in [1.29, 1.82) is 0 Å². The van der Waals surface area contributed by atoms with E-state index in [1.165, 1.54) is 0 Å².